The molecule has 0 bridgehead atoms. The van der Waals surface area contributed by atoms with Gasteiger partial charge in [0.25, 0.3) is 0 Å². The van der Waals surface area contributed by atoms with Crippen LogP contribution in [-0.2, 0) is 4.79 Å². The summed E-state index contributed by atoms with van der Waals surface area (Å²) in [7, 11) is 1.60. The number of allylic oxidation sites excluding steroid dienone is 2. The summed E-state index contributed by atoms with van der Waals surface area (Å²) < 4.78 is 5.08. The molecule has 1 aliphatic carbocycles. The highest BCUT2D eigenvalue weighted by Crippen LogP contribution is 2.33. The zero-order valence-corrected chi connectivity index (χ0v) is 11.3. The fraction of sp³-hybridized carbons (Fsp3) is 0.333. The van der Waals surface area contributed by atoms with E-state index in [1.807, 2.05) is 31.2 Å². The first kappa shape index (κ1) is 13.3. The van der Waals surface area contributed by atoms with Gasteiger partial charge >= 0.3 is 0 Å². The van der Waals surface area contributed by atoms with Crippen LogP contribution in [0.2, 0.25) is 0 Å². The number of nitrogens with zero attached hydrogens (tertiary/aromatic N) is 1. The number of ketones is 1. The van der Waals surface area contributed by atoms with Crippen molar-refractivity contribution >= 4 is 17.2 Å². The maximum atomic E-state index is 11.7. The number of ether oxygens (including phenoxy) is 1. The van der Waals surface area contributed by atoms with Crippen molar-refractivity contribution in [2.45, 2.75) is 20.3 Å². The molecule has 4 nitrogen and oxygen atoms in total. The molecule has 1 unspecified atom stereocenters. The summed E-state index contributed by atoms with van der Waals surface area (Å²) in [4.78, 5) is 16.2. The number of aliphatic hydroxyl groups is 1. The second kappa shape index (κ2) is 5.26. The lowest BCUT2D eigenvalue weighted by Crippen LogP contribution is -2.33. The summed E-state index contributed by atoms with van der Waals surface area (Å²) in [6.45, 7) is 3.61. The van der Waals surface area contributed by atoms with Gasteiger partial charge in [0.05, 0.1) is 30.0 Å². The molecule has 1 N–H and O–H groups in total. The van der Waals surface area contributed by atoms with E-state index in [9.17, 15) is 9.90 Å². The predicted molar refractivity (Wildman–Crippen MR) is 74.2 cm³/mol. The Kier molecular flexibility index (Phi) is 3.69. The topological polar surface area (TPSA) is 58.9 Å². The van der Waals surface area contributed by atoms with Gasteiger partial charge in [-0.25, -0.2) is 0 Å². The van der Waals surface area contributed by atoms with E-state index in [1.54, 1.807) is 14.0 Å². The third-order valence-corrected chi connectivity index (χ3v) is 3.25. The summed E-state index contributed by atoms with van der Waals surface area (Å²) in [6.07, 6.45) is 0.369. The normalized spacial score (nSPS) is 20.4. The highest BCUT2D eigenvalue weighted by molar-refractivity contribution is 6.29. The Morgan fingerprint density at radius 2 is 2.00 bits per heavy atom. The van der Waals surface area contributed by atoms with Crippen molar-refractivity contribution in [3.63, 3.8) is 0 Å². The number of aliphatic imine (C=N–C) groups is 1. The molecule has 1 aliphatic rings. The molecule has 4 heteroatoms. The lowest BCUT2D eigenvalue weighted by Gasteiger charge is -2.27. The number of hydrogen-bond acceptors (Lipinski definition) is 4. The zero-order chi connectivity index (χ0) is 14.0. The number of benzene rings is 1. The molecule has 19 heavy (non-hydrogen) atoms. The van der Waals surface area contributed by atoms with Crippen molar-refractivity contribution in [2.24, 2.45) is 10.9 Å². The standard InChI is InChI=1S/C15H17NO3/c1-4-12(17)13-14(9(2)15(13)18)16-10-5-7-11(19-3)8-6-10/h5-9,18H,4H2,1-3H3. The van der Waals surface area contributed by atoms with E-state index in [4.69, 9.17) is 4.74 Å². The van der Waals surface area contributed by atoms with Crippen molar-refractivity contribution in [1.82, 2.24) is 0 Å². The number of methoxy groups -OCH3 is 1. The molecular formula is C15H17NO3. The molecule has 1 aromatic rings. The molecule has 0 saturated heterocycles. The Morgan fingerprint density at radius 1 is 1.37 bits per heavy atom. The highest BCUT2D eigenvalue weighted by atomic mass is 16.5. The van der Waals surface area contributed by atoms with Crippen molar-refractivity contribution in [3.8, 4) is 5.75 Å². The highest BCUT2D eigenvalue weighted by Gasteiger charge is 2.37. The number of Topliss-reactive ketones (excluding diaryl/α,β-unsaturated/α-hetero) is 1. The molecule has 0 saturated carbocycles. The fourth-order valence-corrected chi connectivity index (χ4v) is 2.03. The molecule has 0 heterocycles. The molecule has 0 radical (unpaired) electrons. The maximum Gasteiger partial charge on any atom is 0.167 e. The van der Waals surface area contributed by atoms with Gasteiger partial charge < -0.3 is 9.84 Å². The first-order valence-electron chi connectivity index (χ1n) is 6.27. The number of carbonyl (C=O) groups excluding carboxylic acids is 1. The molecule has 2 rings (SSSR count). The predicted octanol–water partition coefficient (Wildman–Crippen LogP) is 3.21. The Balaban J connectivity index is 2.30. The van der Waals surface area contributed by atoms with Gasteiger partial charge in [0, 0.05) is 6.42 Å². The molecule has 0 aromatic heterocycles. The molecule has 0 fully saturated rings. The van der Waals surface area contributed by atoms with Crippen molar-refractivity contribution < 1.29 is 14.6 Å². The van der Waals surface area contributed by atoms with Crippen LogP contribution in [0.25, 0.3) is 0 Å². The SMILES string of the molecule is CCC(=O)C1=C(O)C(C)C1=Nc1ccc(OC)cc1. The monoisotopic (exact) mass is 259 g/mol. The second-order valence-corrected chi connectivity index (χ2v) is 4.45. The van der Waals surface area contributed by atoms with Gasteiger partial charge in [-0.3, -0.25) is 9.79 Å². The van der Waals surface area contributed by atoms with Crippen LogP contribution in [0.5, 0.6) is 5.75 Å². The van der Waals surface area contributed by atoms with Crippen LogP contribution in [0, 0.1) is 5.92 Å². The second-order valence-electron chi connectivity index (χ2n) is 4.45. The number of aliphatic hydroxyl groups excluding tert-OH is 1. The van der Waals surface area contributed by atoms with E-state index in [1.165, 1.54) is 0 Å². The van der Waals surface area contributed by atoms with Crippen LogP contribution >= 0.6 is 0 Å². The first-order valence-corrected chi connectivity index (χ1v) is 6.27. The minimum atomic E-state index is -0.174. The van der Waals surface area contributed by atoms with Gasteiger partial charge in [-0.1, -0.05) is 6.92 Å². The van der Waals surface area contributed by atoms with E-state index in [0.29, 0.717) is 17.7 Å². The smallest absolute Gasteiger partial charge is 0.167 e. The Labute approximate surface area is 112 Å². The Hall–Kier alpha value is -2.10. The van der Waals surface area contributed by atoms with Gasteiger partial charge in [-0.2, -0.15) is 0 Å². The minimum absolute atomic E-state index is 0.0668. The van der Waals surface area contributed by atoms with Crippen molar-refractivity contribution in [2.75, 3.05) is 7.11 Å². The number of carbonyl (C=O) groups is 1. The summed E-state index contributed by atoms with van der Waals surface area (Å²) >= 11 is 0. The maximum absolute atomic E-state index is 11.7. The van der Waals surface area contributed by atoms with E-state index in [-0.39, 0.29) is 17.5 Å². The van der Waals surface area contributed by atoms with Crippen LogP contribution in [0.4, 0.5) is 5.69 Å². The molecule has 0 spiro atoms. The van der Waals surface area contributed by atoms with Crippen molar-refractivity contribution in [1.29, 1.82) is 0 Å². The Morgan fingerprint density at radius 3 is 2.53 bits per heavy atom. The van der Waals surface area contributed by atoms with Gasteiger partial charge in [-0.05, 0) is 31.2 Å². The largest absolute Gasteiger partial charge is 0.511 e. The average molecular weight is 259 g/mol. The fourth-order valence-electron chi connectivity index (χ4n) is 2.03. The third kappa shape index (κ3) is 2.38. The lowest BCUT2D eigenvalue weighted by molar-refractivity contribution is -0.115. The molecule has 0 amide bonds. The number of rotatable bonds is 4. The average Bonchev–Trinajstić information content (AvgIpc) is 2.46. The summed E-state index contributed by atoms with van der Waals surface area (Å²) in [5.74, 6) is 0.670. The van der Waals surface area contributed by atoms with Gasteiger partial charge in [0.1, 0.15) is 11.5 Å². The molecule has 100 valence electrons. The molecule has 1 aromatic carbocycles. The quantitative estimate of drug-likeness (QED) is 0.903. The summed E-state index contributed by atoms with van der Waals surface area (Å²) in [5.41, 5.74) is 1.79. The first-order chi connectivity index (χ1) is 9.08. The van der Waals surface area contributed by atoms with E-state index in [0.717, 1.165) is 11.4 Å². The van der Waals surface area contributed by atoms with E-state index >= 15 is 0 Å². The summed E-state index contributed by atoms with van der Waals surface area (Å²) in [6, 6.07) is 7.27. The van der Waals surface area contributed by atoms with Gasteiger partial charge in [0.2, 0.25) is 0 Å². The van der Waals surface area contributed by atoms with E-state index in [2.05, 4.69) is 4.99 Å². The van der Waals surface area contributed by atoms with Crippen LogP contribution < -0.4 is 4.74 Å². The van der Waals surface area contributed by atoms with Gasteiger partial charge in [-0.15, -0.1) is 0 Å². The number of hydrogen-bond donors (Lipinski definition) is 1. The van der Waals surface area contributed by atoms with E-state index < -0.39 is 0 Å². The third-order valence-electron chi connectivity index (χ3n) is 3.25. The van der Waals surface area contributed by atoms with Crippen molar-refractivity contribution in [3.05, 3.63) is 35.6 Å². The minimum Gasteiger partial charge on any atom is -0.511 e. The zero-order valence-electron chi connectivity index (χ0n) is 11.3. The van der Waals surface area contributed by atoms with Crippen LogP contribution in [0.1, 0.15) is 20.3 Å². The van der Waals surface area contributed by atoms with Crippen LogP contribution in [-0.4, -0.2) is 23.7 Å². The van der Waals surface area contributed by atoms with Gasteiger partial charge in [0.15, 0.2) is 5.78 Å². The Bertz CT molecular complexity index is 555. The molecular weight excluding hydrogens is 242 g/mol. The van der Waals surface area contributed by atoms with Crippen LogP contribution in [0.15, 0.2) is 40.6 Å². The summed E-state index contributed by atoms with van der Waals surface area (Å²) in [5, 5.41) is 9.77. The molecule has 0 aliphatic heterocycles. The molecule has 1 atom stereocenters. The lowest BCUT2D eigenvalue weighted by atomic mass is 9.80. The van der Waals surface area contributed by atoms with Crippen LogP contribution in [0.3, 0.4) is 0 Å².